The van der Waals surface area contributed by atoms with Crippen molar-refractivity contribution in [2.45, 2.75) is 26.2 Å². The van der Waals surface area contributed by atoms with Crippen LogP contribution in [0.1, 0.15) is 26.5 Å². The summed E-state index contributed by atoms with van der Waals surface area (Å²) in [5, 5.41) is 0. The van der Waals surface area contributed by atoms with Gasteiger partial charge in [0.05, 0.1) is 29.5 Å². The number of rotatable bonds is 1. The smallest absolute Gasteiger partial charge is 0.155 e. The van der Waals surface area contributed by atoms with E-state index in [4.69, 9.17) is 0 Å². The number of hydrogen-bond acceptors (Lipinski definition) is 3. The number of imidazole rings is 1. The van der Waals surface area contributed by atoms with E-state index < -0.39 is 0 Å². The molecule has 0 amide bonds. The molecule has 0 saturated heterocycles. The number of halogens is 2. The Balaban J connectivity index is 2.23. The molecule has 3 rings (SSSR count). The van der Waals surface area contributed by atoms with Gasteiger partial charge in [0.25, 0.3) is 0 Å². The fraction of sp³-hybridized carbons (Fsp3) is 0.267. The van der Waals surface area contributed by atoms with Crippen LogP contribution in [0.2, 0.25) is 0 Å². The summed E-state index contributed by atoms with van der Waals surface area (Å²) >= 11 is 3.22. The van der Waals surface area contributed by atoms with Crippen molar-refractivity contribution in [1.29, 1.82) is 0 Å². The zero-order chi connectivity index (χ0) is 15.2. The molecule has 0 bridgehead atoms. The van der Waals surface area contributed by atoms with Crippen molar-refractivity contribution in [3.63, 3.8) is 0 Å². The first-order chi connectivity index (χ1) is 9.84. The predicted molar refractivity (Wildman–Crippen MR) is 82.6 cm³/mol. The fourth-order valence-electron chi connectivity index (χ4n) is 2.06. The standard InChI is InChI=1S/C15H14BrFN4/c1-15(2,3)12-8-21-11(6-19-14(21)7-18-12)10-4-9(17)5-13(16)20-10/h4-8H,1-3H3. The molecular formula is C15H14BrFN4. The lowest BCUT2D eigenvalue weighted by atomic mass is 9.93. The zero-order valence-electron chi connectivity index (χ0n) is 11.9. The van der Waals surface area contributed by atoms with Crippen LogP contribution in [0.15, 0.2) is 35.3 Å². The van der Waals surface area contributed by atoms with Gasteiger partial charge in [-0.3, -0.25) is 9.38 Å². The normalized spacial score (nSPS) is 12.0. The molecule has 3 aromatic heterocycles. The summed E-state index contributed by atoms with van der Waals surface area (Å²) in [6, 6.07) is 2.72. The molecule has 0 atom stereocenters. The van der Waals surface area contributed by atoms with E-state index in [1.165, 1.54) is 12.1 Å². The lowest BCUT2D eigenvalue weighted by Gasteiger charge is -2.17. The molecule has 0 spiro atoms. The quantitative estimate of drug-likeness (QED) is 0.624. The van der Waals surface area contributed by atoms with Gasteiger partial charge in [-0.2, -0.15) is 0 Å². The van der Waals surface area contributed by atoms with Gasteiger partial charge in [0.2, 0.25) is 0 Å². The highest BCUT2D eigenvalue weighted by Gasteiger charge is 2.18. The first-order valence-electron chi connectivity index (χ1n) is 6.51. The topological polar surface area (TPSA) is 43.1 Å². The molecule has 4 nitrogen and oxygen atoms in total. The number of nitrogens with zero attached hydrogens (tertiary/aromatic N) is 4. The van der Waals surface area contributed by atoms with Gasteiger partial charge in [-0.05, 0) is 15.9 Å². The van der Waals surface area contributed by atoms with E-state index in [-0.39, 0.29) is 11.2 Å². The second-order valence-electron chi connectivity index (χ2n) is 5.89. The molecule has 3 aromatic rings. The Labute approximate surface area is 130 Å². The number of pyridine rings is 1. The molecule has 0 N–H and O–H groups in total. The summed E-state index contributed by atoms with van der Waals surface area (Å²) in [5.41, 5.74) is 2.83. The molecular weight excluding hydrogens is 335 g/mol. The SMILES string of the molecule is CC(C)(C)c1cn2c(-c3cc(F)cc(Br)n3)cnc2cn1. The highest BCUT2D eigenvalue weighted by molar-refractivity contribution is 9.10. The Bertz CT molecular complexity index is 800. The van der Waals surface area contributed by atoms with E-state index in [9.17, 15) is 4.39 Å². The van der Waals surface area contributed by atoms with Crippen LogP contribution < -0.4 is 0 Å². The fourth-order valence-corrected chi connectivity index (χ4v) is 2.47. The predicted octanol–water partition coefficient (Wildman–Crippen LogP) is 3.99. The molecule has 108 valence electrons. The van der Waals surface area contributed by atoms with Crippen LogP contribution in [0.25, 0.3) is 17.0 Å². The van der Waals surface area contributed by atoms with Gasteiger partial charge >= 0.3 is 0 Å². The van der Waals surface area contributed by atoms with Crippen LogP contribution >= 0.6 is 15.9 Å². The minimum atomic E-state index is -0.341. The Morgan fingerprint density at radius 3 is 2.57 bits per heavy atom. The van der Waals surface area contributed by atoms with Crippen LogP contribution in [0.3, 0.4) is 0 Å². The molecule has 0 unspecified atom stereocenters. The van der Waals surface area contributed by atoms with Crippen molar-refractivity contribution in [2.75, 3.05) is 0 Å². The average molecular weight is 349 g/mol. The molecule has 0 aromatic carbocycles. The Morgan fingerprint density at radius 1 is 1.14 bits per heavy atom. The van der Waals surface area contributed by atoms with Crippen LogP contribution in [0.4, 0.5) is 4.39 Å². The van der Waals surface area contributed by atoms with E-state index >= 15 is 0 Å². The molecule has 0 radical (unpaired) electrons. The summed E-state index contributed by atoms with van der Waals surface area (Å²) in [6.07, 6.45) is 5.33. The summed E-state index contributed by atoms with van der Waals surface area (Å²) < 4.78 is 15.9. The first kappa shape index (κ1) is 14.1. The van der Waals surface area contributed by atoms with Gasteiger partial charge < -0.3 is 0 Å². The largest absolute Gasteiger partial charge is 0.295 e. The van der Waals surface area contributed by atoms with E-state index in [2.05, 4.69) is 51.7 Å². The molecule has 0 aliphatic heterocycles. The van der Waals surface area contributed by atoms with Gasteiger partial charge in [-0.15, -0.1) is 0 Å². The van der Waals surface area contributed by atoms with Crippen molar-refractivity contribution >= 4 is 21.6 Å². The highest BCUT2D eigenvalue weighted by Crippen LogP contribution is 2.25. The maximum absolute atomic E-state index is 13.6. The number of hydrogen-bond donors (Lipinski definition) is 0. The molecule has 0 saturated carbocycles. The van der Waals surface area contributed by atoms with Crippen LogP contribution in [0.5, 0.6) is 0 Å². The third kappa shape index (κ3) is 2.68. The van der Waals surface area contributed by atoms with Crippen molar-refractivity contribution in [3.05, 3.63) is 46.8 Å². The third-order valence-electron chi connectivity index (χ3n) is 3.19. The van der Waals surface area contributed by atoms with E-state index in [0.29, 0.717) is 15.9 Å². The second kappa shape index (κ2) is 4.87. The summed E-state index contributed by atoms with van der Waals surface area (Å²) in [7, 11) is 0. The van der Waals surface area contributed by atoms with Crippen LogP contribution in [0, 0.1) is 5.82 Å². The minimum absolute atomic E-state index is 0.0777. The van der Waals surface area contributed by atoms with Crippen LogP contribution in [-0.2, 0) is 5.41 Å². The molecule has 21 heavy (non-hydrogen) atoms. The van der Waals surface area contributed by atoms with Gasteiger partial charge in [0.1, 0.15) is 10.4 Å². The van der Waals surface area contributed by atoms with Gasteiger partial charge in [0, 0.05) is 23.7 Å². The molecule has 6 heteroatoms. The molecule has 0 aliphatic carbocycles. The number of fused-ring (bicyclic) bond motifs is 1. The first-order valence-corrected chi connectivity index (χ1v) is 7.31. The maximum Gasteiger partial charge on any atom is 0.155 e. The summed E-state index contributed by atoms with van der Waals surface area (Å²) in [5.74, 6) is -0.341. The lowest BCUT2D eigenvalue weighted by molar-refractivity contribution is 0.564. The third-order valence-corrected chi connectivity index (χ3v) is 3.59. The average Bonchev–Trinajstić information content (AvgIpc) is 2.79. The minimum Gasteiger partial charge on any atom is -0.295 e. The van der Waals surface area contributed by atoms with Gasteiger partial charge in [-0.1, -0.05) is 20.8 Å². The summed E-state index contributed by atoms with van der Waals surface area (Å²) in [6.45, 7) is 6.28. The van der Waals surface area contributed by atoms with Gasteiger partial charge in [-0.25, -0.2) is 14.4 Å². The molecule has 3 heterocycles. The zero-order valence-corrected chi connectivity index (χ0v) is 13.5. The molecule has 0 aliphatic rings. The lowest BCUT2D eigenvalue weighted by Crippen LogP contribution is -2.14. The Morgan fingerprint density at radius 2 is 1.90 bits per heavy atom. The number of aromatic nitrogens is 4. The van der Waals surface area contributed by atoms with Crippen LogP contribution in [-0.4, -0.2) is 19.4 Å². The Kier molecular flexibility index (Phi) is 3.28. The van der Waals surface area contributed by atoms with Crippen molar-refractivity contribution in [1.82, 2.24) is 19.4 Å². The van der Waals surface area contributed by atoms with Crippen molar-refractivity contribution < 1.29 is 4.39 Å². The monoisotopic (exact) mass is 348 g/mol. The molecule has 0 fully saturated rings. The second-order valence-corrected chi connectivity index (χ2v) is 6.70. The maximum atomic E-state index is 13.6. The van der Waals surface area contributed by atoms with Crippen molar-refractivity contribution in [2.24, 2.45) is 0 Å². The van der Waals surface area contributed by atoms with E-state index in [1.54, 1.807) is 12.4 Å². The summed E-state index contributed by atoms with van der Waals surface area (Å²) in [4.78, 5) is 13.0. The Hall–Kier alpha value is -1.82. The van der Waals surface area contributed by atoms with Gasteiger partial charge in [0.15, 0.2) is 5.65 Å². The van der Waals surface area contributed by atoms with E-state index in [0.717, 1.165) is 11.4 Å². The van der Waals surface area contributed by atoms with Crippen molar-refractivity contribution in [3.8, 4) is 11.4 Å². The highest BCUT2D eigenvalue weighted by atomic mass is 79.9. The van der Waals surface area contributed by atoms with E-state index in [1.807, 2.05) is 10.6 Å².